The van der Waals surface area contributed by atoms with Crippen LogP contribution in [0.25, 0.3) is 0 Å². The van der Waals surface area contributed by atoms with Crippen LogP contribution in [0.2, 0.25) is 0 Å². The van der Waals surface area contributed by atoms with Crippen LogP contribution in [-0.2, 0) is 5.41 Å². The Morgan fingerprint density at radius 1 is 1.08 bits per heavy atom. The molecule has 7 heteroatoms. The molecule has 0 saturated heterocycles. The molecule has 0 radical (unpaired) electrons. The van der Waals surface area contributed by atoms with Gasteiger partial charge in [-0.15, -0.1) is 0 Å². The first-order chi connectivity index (χ1) is 11.4. The molecule has 124 valence electrons. The summed E-state index contributed by atoms with van der Waals surface area (Å²) in [6.45, 7) is 6.40. The van der Waals surface area contributed by atoms with Crippen LogP contribution in [0.3, 0.4) is 0 Å². The summed E-state index contributed by atoms with van der Waals surface area (Å²) in [6.07, 6.45) is 1.71. The summed E-state index contributed by atoms with van der Waals surface area (Å²) >= 11 is 3.47. The minimum Gasteiger partial charge on any atom is -0.324 e. The fourth-order valence-corrected chi connectivity index (χ4v) is 2.35. The van der Waals surface area contributed by atoms with Crippen molar-refractivity contribution in [3.05, 3.63) is 52.8 Å². The van der Waals surface area contributed by atoms with Gasteiger partial charge < -0.3 is 10.6 Å². The molecule has 0 aliphatic rings. The van der Waals surface area contributed by atoms with Gasteiger partial charge in [-0.1, -0.05) is 39.0 Å². The van der Waals surface area contributed by atoms with Crippen molar-refractivity contribution in [2.75, 3.05) is 10.6 Å². The van der Waals surface area contributed by atoms with Gasteiger partial charge in [0, 0.05) is 29.1 Å². The molecule has 0 amide bonds. The molecule has 0 fully saturated rings. The summed E-state index contributed by atoms with van der Waals surface area (Å²) < 4.78 is 0.765. The number of H-pyrrole nitrogens is 1. The van der Waals surface area contributed by atoms with Gasteiger partial charge in [0.05, 0.1) is 4.47 Å². The SMILES string of the molecule is CC(C)(C)c1cc(Nc2nc(Nc3ccccc3)ncc2Br)n[nH]1. The predicted octanol–water partition coefficient (Wildman–Crippen LogP) is 4.75. The summed E-state index contributed by atoms with van der Waals surface area (Å²) in [6, 6.07) is 11.8. The molecule has 3 N–H and O–H groups in total. The van der Waals surface area contributed by atoms with E-state index >= 15 is 0 Å². The Hall–Kier alpha value is -2.41. The second kappa shape index (κ2) is 6.60. The Bertz CT molecular complexity index is 823. The van der Waals surface area contributed by atoms with Crippen molar-refractivity contribution in [1.82, 2.24) is 20.2 Å². The molecule has 0 spiro atoms. The summed E-state index contributed by atoms with van der Waals surface area (Å²) in [5.41, 5.74) is 1.99. The first-order valence-corrected chi connectivity index (χ1v) is 8.38. The van der Waals surface area contributed by atoms with E-state index < -0.39 is 0 Å². The molecule has 0 unspecified atom stereocenters. The summed E-state index contributed by atoms with van der Waals surface area (Å²) in [7, 11) is 0. The van der Waals surface area contributed by atoms with E-state index in [-0.39, 0.29) is 5.41 Å². The van der Waals surface area contributed by atoms with Crippen LogP contribution >= 0.6 is 15.9 Å². The monoisotopic (exact) mass is 386 g/mol. The molecule has 3 aromatic rings. The fourth-order valence-electron chi connectivity index (χ4n) is 2.06. The van der Waals surface area contributed by atoms with Gasteiger partial charge >= 0.3 is 0 Å². The molecule has 24 heavy (non-hydrogen) atoms. The topological polar surface area (TPSA) is 78.5 Å². The number of rotatable bonds is 4. The third-order valence-corrected chi connectivity index (χ3v) is 3.99. The second-order valence-electron chi connectivity index (χ2n) is 6.42. The lowest BCUT2D eigenvalue weighted by Crippen LogP contribution is -2.11. The quantitative estimate of drug-likeness (QED) is 0.602. The van der Waals surface area contributed by atoms with Crippen molar-refractivity contribution >= 4 is 39.2 Å². The molecule has 1 aromatic carbocycles. The predicted molar refractivity (Wildman–Crippen MR) is 100 cm³/mol. The van der Waals surface area contributed by atoms with E-state index in [1.807, 2.05) is 36.4 Å². The first-order valence-electron chi connectivity index (χ1n) is 7.59. The van der Waals surface area contributed by atoms with Gasteiger partial charge in [0.25, 0.3) is 0 Å². The van der Waals surface area contributed by atoms with Crippen molar-refractivity contribution in [2.24, 2.45) is 0 Å². The van der Waals surface area contributed by atoms with E-state index in [0.717, 1.165) is 15.9 Å². The summed E-state index contributed by atoms with van der Waals surface area (Å²) in [4.78, 5) is 8.78. The highest BCUT2D eigenvalue weighted by Gasteiger charge is 2.17. The van der Waals surface area contributed by atoms with Crippen LogP contribution in [0, 0.1) is 0 Å². The van der Waals surface area contributed by atoms with Gasteiger partial charge in [-0.3, -0.25) is 5.10 Å². The Morgan fingerprint density at radius 3 is 2.50 bits per heavy atom. The van der Waals surface area contributed by atoms with Crippen LogP contribution in [0.1, 0.15) is 26.5 Å². The van der Waals surface area contributed by atoms with E-state index in [4.69, 9.17) is 0 Å². The largest absolute Gasteiger partial charge is 0.324 e. The van der Waals surface area contributed by atoms with Crippen molar-refractivity contribution in [3.63, 3.8) is 0 Å². The highest BCUT2D eigenvalue weighted by Crippen LogP contribution is 2.27. The van der Waals surface area contributed by atoms with E-state index in [1.165, 1.54) is 0 Å². The van der Waals surface area contributed by atoms with Crippen LogP contribution in [-0.4, -0.2) is 20.2 Å². The molecule has 0 bridgehead atoms. The molecule has 2 aromatic heterocycles. The van der Waals surface area contributed by atoms with Gasteiger partial charge in [-0.2, -0.15) is 10.1 Å². The molecular formula is C17H19BrN6. The number of hydrogen-bond acceptors (Lipinski definition) is 5. The number of benzene rings is 1. The highest BCUT2D eigenvalue weighted by atomic mass is 79.9. The molecule has 6 nitrogen and oxygen atoms in total. The fraction of sp³-hybridized carbons (Fsp3) is 0.235. The number of nitrogens with one attached hydrogen (secondary N) is 3. The van der Waals surface area contributed by atoms with Gasteiger partial charge in [-0.05, 0) is 28.1 Å². The van der Waals surface area contributed by atoms with Gasteiger partial charge in [-0.25, -0.2) is 4.98 Å². The standard InChI is InChI=1S/C17H19BrN6/c1-17(2,3)13-9-14(24-23-13)21-15-12(18)10-19-16(22-15)20-11-7-5-4-6-8-11/h4-10H,1-3H3,(H3,19,20,21,22,23,24). The van der Waals surface area contributed by atoms with Gasteiger partial charge in [0.2, 0.25) is 5.95 Å². The maximum Gasteiger partial charge on any atom is 0.229 e. The zero-order chi connectivity index (χ0) is 17.2. The molecule has 2 heterocycles. The number of aromatic nitrogens is 4. The Balaban J connectivity index is 1.80. The van der Waals surface area contributed by atoms with E-state index in [2.05, 4.69) is 67.5 Å². The molecule has 0 saturated carbocycles. The third kappa shape index (κ3) is 3.91. The maximum atomic E-state index is 4.50. The number of aromatic amines is 1. The van der Waals surface area contributed by atoms with E-state index in [9.17, 15) is 0 Å². The van der Waals surface area contributed by atoms with Gasteiger partial charge in [0.15, 0.2) is 11.6 Å². The molecule has 0 aliphatic heterocycles. The number of hydrogen-bond donors (Lipinski definition) is 3. The van der Waals surface area contributed by atoms with E-state index in [1.54, 1.807) is 6.20 Å². The number of anilines is 4. The number of halogens is 1. The lowest BCUT2D eigenvalue weighted by Gasteiger charge is -2.14. The lowest BCUT2D eigenvalue weighted by atomic mass is 9.92. The van der Waals surface area contributed by atoms with Gasteiger partial charge in [0.1, 0.15) is 0 Å². The average Bonchev–Trinajstić information content (AvgIpc) is 3.00. The normalized spacial score (nSPS) is 11.3. The minimum absolute atomic E-state index is 0.00978. The summed E-state index contributed by atoms with van der Waals surface area (Å²) in [5, 5.41) is 13.7. The van der Waals surface area contributed by atoms with E-state index in [0.29, 0.717) is 17.6 Å². The molecular weight excluding hydrogens is 368 g/mol. The molecule has 0 atom stereocenters. The summed E-state index contributed by atoms with van der Waals surface area (Å²) in [5.74, 6) is 1.87. The number of para-hydroxylation sites is 1. The van der Waals surface area contributed by atoms with Crippen molar-refractivity contribution in [3.8, 4) is 0 Å². The molecule has 0 aliphatic carbocycles. The Kier molecular flexibility index (Phi) is 4.53. The van der Waals surface area contributed by atoms with Crippen molar-refractivity contribution < 1.29 is 0 Å². The first kappa shape index (κ1) is 16.4. The second-order valence-corrected chi connectivity index (χ2v) is 7.28. The Labute approximate surface area is 149 Å². The highest BCUT2D eigenvalue weighted by molar-refractivity contribution is 9.10. The third-order valence-electron chi connectivity index (χ3n) is 3.41. The van der Waals surface area contributed by atoms with Crippen LogP contribution < -0.4 is 10.6 Å². The van der Waals surface area contributed by atoms with Crippen LogP contribution in [0.5, 0.6) is 0 Å². The smallest absolute Gasteiger partial charge is 0.229 e. The average molecular weight is 387 g/mol. The number of nitrogens with zero attached hydrogens (tertiary/aromatic N) is 3. The lowest BCUT2D eigenvalue weighted by molar-refractivity contribution is 0.567. The Morgan fingerprint density at radius 2 is 1.83 bits per heavy atom. The van der Waals surface area contributed by atoms with Crippen LogP contribution in [0.15, 0.2) is 47.1 Å². The zero-order valence-electron chi connectivity index (χ0n) is 13.8. The zero-order valence-corrected chi connectivity index (χ0v) is 15.3. The van der Waals surface area contributed by atoms with Crippen molar-refractivity contribution in [2.45, 2.75) is 26.2 Å². The molecule has 3 rings (SSSR count). The van der Waals surface area contributed by atoms with Crippen molar-refractivity contribution in [1.29, 1.82) is 0 Å². The van der Waals surface area contributed by atoms with Crippen LogP contribution in [0.4, 0.5) is 23.3 Å². The minimum atomic E-state index is 0.00978. The maximum absolute atomic E-state index is 4.50.